The topological polar surface area (TPSA) is 99.6 Å². The number of likely N-dealkylation sites (N-methyl/N-ethyl adjacent to an activating group) is 1. The minimum Gasteiger partial charge on any atom is -0.469 e. The number of esters is 1. The molecule has 10 heteroatoms. The van der Waals surface area contributed by atoms with E-state index >= 15 is 0 Å². The second-order valence-electron chi connectivity index (χ2n) is 10.0. The molecule has 39 heavy (non-hydrogen) atoms. The maximum absolute atomic E-state index is 13.6. The summed E-state index contributed by atoms with van der Waals surface area (Å²) in [5.41, 5.74) is 2.49. The molecule has 0 aliphatic carbocycles. The lowest BCUT2D eigenvalue weighted by atomic mass is 10.1. The Morgan fingerprint density at radius 1 is 0.974 bits per heavy atom. The Labute approximate surface area is 228 Å². The van der Waals surface area contributed by atoms with E-state index in [1.165, 1.54) is 11.4 Å². The maximum Gasteiger partial charge on any atom is 0.307 e. The van der Waals surface area contributed by atoms with Crippen molar-refractivity contribution in [3.8, 4) is 0 Å². The van der Waals surface area contributed by atoms with Gasteiger partial charge in [-0.15, -0.1) is 0 Å². The zero-order chi connectivity index (χ0) is 27.7. The number of nitrogens with zero attached hydrogens (tertiary/aromatic N) is 4. The number of hydrogen-bond acceptors (Lipinski definition) is 7. The van der Waals surface area contributed by atoms with Crippen molar-refractivity contribution in [2.75, 3.05) is 46.9 Å². The average molecular weight is 549 g/mol. The number of rotatable bonds is 6. The van der Waals surface area contributed by atoms with Gasteiger partial charge < -0.3 is 14.5 Å². The van der Waals surface area contributed by atoms with Gasteiger partial charge in [0, 0.05) is 44.4 Å². The molecule has 1 amide bonds. The Morgan fingerprint density at radius 3 is 2.38 bits per heavy atom. The van der Waals surface area contributed by atoms with Crippen molar-refractivity contribution in [3.05, 3.63) is 77.4 Å². The number of carbonyl (C=O) groups excluding carboxylic acids is 2. The van der Waals surface area contributed by atoms with Gasteiger partial charge in [0.15, 0.2) is 0 Å². The normalized spacial score (nSPS) is 18.3. The van der Waals surface area contributed by atoms with E-state index in [0.717, 1.165) is 40.8 Å². The molecule has 0 bridgehead atoms. The molecule has 1 unspecified atom stereocenters. The van der Waals surface area contributed by atoms with Crippen molar-refractivity contribution in [3.63, 3.8) is 0 Å². The zero-order valence-corrected chi connectivity index (χ0v) is 23.1. The second-order valence-corrected chi connectivity index (χ2v) is 12.0. The summed E-state index contributed by atoms with van der Waals surface area (Å²) in [6.07, 6.45) is -0.106. The molecule has 0 radical (unpaired) electrons. The molecule has 1 atom stereocenters. The Hall–Kier alpha value is -3.76. The fourth-order valence-electron chi connectivity index (χ4n) is 5.19. The first-order valence-electron chi connectivity index (χ1n) is 12.9. The highest BCUT2D eigenvalue weighted by atomic mass is 32.2. The first kappa shape index (κ1) is 26.8. The van der Waals surface area contributed by atoms with Crippen LogP contribution in [0.4, 0.5) is 0 Å². The monoisotopic (exact) mass is 548 g/mol. The summed E-state index contributed by atoms with van der Waals surface area (Å²) in [6.45, 7) is 3.87. The Bertz CT molecular complexity index is 1550. The standard InChI is InChI=1S/C29H32N4O5S/c1-20-4-5-24-17-26(11-10-23(24)16-20)39(36,37)32-14-15-33(25(19-32)18-27(34)38-3)29(35)22-8-6-21(7-9-22)28-30-12-13-31(28)2/h4-11,16-17,25H,12-15,18-19H2,1-3H3. The number of benzene rings is 3. The molecule has 5 rings (SSSR count). The molecule has 204 valence electrons. The van der Waals surface area contributed by atoms with Crippen molar-refractivity contribution >= 4 is 38.5 Å². The molecule has 9 nitrogen and oxygen atoms in total. The molecular formula is C29H32N4O5S. The molecular weight excluding hydrogens is 516 g/mol. The molecule has 2 heterocycles. The van der Waals surface area contributed by atoms with Gasteiger partial charge in [0.25, 0.3) is 5.91 Å². The van der Waals surface area contributed by atoms with Crippen molar-refractivity contribution in [1.82, 2.24) is 14.1 Å². The maximum atomic E-state index is 13.6. The summed E-state index contributed by atoms with van der Waals surface area (Å²) >= 11 is 0. The molecule has 1 saturated heterocycles. The number of ether oxygens (including phenoxy) is 1. The summed E-state index contributed by atoms with van der Waals surface area (Å²) in [5, 5.41) is 1.80. The summed E-state index contributed by atoms with van der Waals surface area (Å²) in [6, 6.07) is 17.5. The van der Waals surface area contributed by atoms with Gasteiger partial charge >= 0.3 is 5.97 Å². The van der Waals surface area contributed by atoms with Gasteiger partial charge in [-0.3, -0.25) is 14.6 Å². The first-order valence-corrected chi connectivity index (χ1v) is 14.4. The quantitative estimate of drug-likeness (QED) is 0.440. The number of fused-ring (bicyclic) bond motifs is 1. The highest BCUT2D eigenvalue weighted by molar-refractivity contribution is 7.89. The fraction of sp³-hybridized carbons (Fsp3) is 0.345. The van der Waals surface area contributed by atoms with Crippen LogP contribution in [0, 0.1) is 6.92 Å². The lowest BCUT2D eigenvalue weighted by Gasteiger charge is -2.40. The van der Waals surface area contributed by atoms with Gasteiger partial charge in [-0.2, -0.15) is 4.31 Å². The van der Waals surface area contributed by atoms with E-state index in [1.807, 2.05) is 44.3 Å². The number of amides is 1. The summed E-state index contributed by atoms with van der Waals surface area (Å²) in [5.74, 6) is 0.131. The van der Waals surface area contributed by atoms with Crippen LogP contribution in [-0.4, -0.2) is 93.2 Å². The third kappa shape index (κ3) is 5.39. The predicted molar refractivity (Wildman–Crippen MR) is 149 cm³/mol. The number of sulfonamides is 1. The van der Waals surface area contributed by atoms with E-state index in [2.05, 4.69) is 9.89 Å². The van der Waals surface area contributed by atoms with Gasteiger partial charge in [0.1, 0.15) is 5.84 Å². The van der Waals surface area contributed by atoms with Crippen LogP contribution >= 0.6 is 0 Å². The van der Waals surface area contributed by atoms with Gasteiger partial charge in [-0.25, -0.2) is 8.42 Å². The van der Waals surface area contributed by atoms with Gasteiger partial charge in [-0.1, -0.05) is 42.0 Å². The van der Waals surface area contributed by atoms with Crippen molar-refractivity contribution < 1.29 is 22.7 Å². The van der Waals surface area contributed by atoms with E-state index in [1.54, 1.807) is 35.2 Å². The fourth-order valence-corrected chi connectivity index (χ4v) is 6.69. The zero-order valence-electron chi connectivity index (χ0n) is 22.3. The molecule has 2 aliphatic heterocycles. The lowest BCUT2D eigenvalue weighted by Crippen LogP contribution is -2.57. The molecule has 0 N–H and O–H groups in total. The van der Waals surface area contributed by atoms with E-state index < -0.39 is 22.0 Å². The van der Waals surface area contributed by atoms with E-state index in [9.17, 15) is 18.0 Å². The van der Waals surface area contributed by atoms with Crippen LogP contribution in [0.15, 0.2) is 70.6 Å². The lowest BCUT2D eigenvalue weighted by molar-refractivity contribution is -0.142. The van der Waals surface area contributed by atoms with Crippen LogP contribution in [0.25, 0.3) is 10.8 Å². The van der Waals surface area contributed by atoms with Crippen LogP contribution in [-0.2, 0) is 19.6 Å². The van der Waals surface area contributed by atoms with Gasteiger partial charge in [0.05, 0.1) is 31.0 Å². The van der Waals surface area contributed by atoms with Crippen LogP contribution in [0.5, 0.6) is 0 Å². The summed E-state index contributed by atoms with van der Waals surface area (Å²) in [7, 11) is -0.585. The van der Waals surface area contributed by atoms with Gasteiger partial charge in [0.2, 0.25) is 10.0 Å². The number of aliphatic imine (C=N–C) groups is 1. The van der Waals surface area contributed by atoms with E-state index in [-0.39, 0.29) is 36.9 Å². The van der Waals surface area contributed by atoms with Crippen LogP contribution < -0.4 is 0 Å². The third-order valence-corrected chi connectivity index (χ3v) is 9.25. The van der Waals surface area contributed by atoms with Gasteiger partial charge in [-0.05, 0) is 42.0 Å². The third-order valence-electron chi connectivity index (χ3n) is 7.39. The average Bonchev–Trinajstić information content (AvgIpc) is 3.38. The number of aryl methyl sites for hydroxylation is 1. The van der Waals surface area contributed by atoms with E-state index in [4.69, 9.17) is 4.74 Å². The second kappa shape index (κ2) is 10.8. The number of amidine groups is 1. The largest absolute Gasteiger partial charge is 0.469 e. The molecule has 1 fully saturated rings. The molecule has 0 aromatic heterocycles. The highest BCUT2D eigenvalue weighted by Gasteiger charge is 2.38. The predicted octanol–water partition coefficient (Wildman–Crippen LogP) is 2.92. The van der Waals surface area contributed by atoms with Crippen molar-refractivity contribution in [2.24, 2.45) is 4.99 Å². The smallest absolute Gasteiger partial charge is 0.307 e. The number of hydrogen-bond donors (Lipinski definition) is 0. The van der Waals surface area contributed by atoms with E-state index in [0.29, 0.717) is 5.56 Å². The Kier molecular flexibility index (Phi) is 7.42. The molecule has 3 aromatic rings. The Morgan fingerprint density at radius 2 is 1.69 bits per heavy atom. The number of methoxy groups -OCH3 is 1. The minimum absolute atomic E-state index is 0.00517. The Balaban J connectivity index is 1.38. The SMILES string of the molecule is COC(=O)CC1CN(S(=O)(=O)c2ccc3cc(C)ccc3c2)CCN1C(=O)c1ccc(C2=NCCN2C)cc1. The first-order chi connectivity index (χ1) is 18.7. The minimum atomic E-state index is -3.85. The van der Waals surface area contributed by atoms with Crippen molar-refractivity contribution in [2.45, 2.75) is 24.3 Å². The van der Waals surface area contributed by atoms with Crippen LogP contribution in [0.3, 0.4) is 0 Å². The summed E-state index contributed by atoms with van der Waals surface area (Å²) < 4.78 is 33.5. The summed E-state index contributed by atoms with van der Waals surface area (Å²) in [4.78, 5) is 34.2. The van der Waals surface area contributed by atoms with Crippen molar-refractivity contribution in [1.29, 1.82) is 0 Å². The highest BCUT2D eigenvalue weighted by Crippen LogP contribution is 2.26. The molecule has 0 spiro atoms. The van der Waals surface area contributed by atoms with Crippen LogP contribution in [0.2, 0.25) is 0 Å². The molecule has 0 saturated carbocycles. The molecule has 2 aliphatic rings. The number of carbonyl (C=O) groups is 2. The van der Waals surface area contributed by atoms with Crippen LogP contribution in [0.1, 0.15) is 27.9 Å². The number of piperazine rings is 1. The molecule has 3 aromatic carbocycles.